The van der Waals surface area contributed by atoms with Crippen molar-refractivity contribution >= 4 is 87.7 Å². The van der Waals surface area contributed by atoms with Gasteiger partial charge >= 0.3 is 0 Å². The number of benzene rings is 3. The van der Waals surface area contributed by atoms with Crippen LogP contribution in [0, 0.1) is 0 Å². The Bertz CT molecular complexity index is 1710. The van der Waals surface area contributed by atoms with Crippen molar-refractivity contribution < 1.29 is 30.5 Å². The predicted molar refractivity (Wildman–Crippen MR) is 132 cm³/mol. The fraction of sp³-hybridized carbons (Fsp3) is 0.0952. The second-order valence-electron chi connectivity index (χ2n) is 7.50. The summed E-state index contributed by atoms with van der Waals surface area (Å²) in [4.78, 5) is 2.01. The Morgan fingerprint density at radius 3 is 2.50 bits per heavy atom. The van der Waals surface area contributed by atoms with E-state index in [9.17, 15) is 25.9 Å². The summed E-state index contributed by atoms with van der Waals surface area (Å²) in [6.45, 7) is 0. The van der Waals surface area contributed by atoms with Gasteiger partial charge in [-0.3, -0.25) is 0 Å². The molecule has 0 bridgehead atoms. The number of rotatable bonds is 5. The molecule has 5 rings (SSSR count). The average Bonchev–Trinajstić information content (AvgIpc) is 3.24. The van der Waals surface area contributed by atoms with E-state index in [1.807, 2.05) is 36.4 Å². The Morgan fingerprint density at radius 1 is 1.00 bits per heavy atom. The Morgan fingerprint density at radius 2 is 1.76 bits per heavy atom. The van der Waals surface area contributed by atoms with Crippen molar-refractivity contribution in [1.82, 2.24) is 0 Å². The van der Waals surface area contributed by atoms with E-state index >= 15 is 0 Å². The topological polar surface area (TPSA) is 122 Å². The van der Waals surface area contributed by atoms with Gasteiger partial charge in [-0.25, -0.2) is 16.8 Å². The molecule has 0 unspecified atom stereocenters. The summed E-state index contributed by atoms with van der Waals surface area (Å²) in [5.74, 6) is -1.63. The highest BCUT2D eigenvalue weighted by atomic mass is 35.5. The van der Waals surface area contributed by atoms with Crippen molar-refractivity contribution in [3.8, 4) is 0 Å². The van der Waals surface area contributed by atoms with Crippen LogP contribution in [0.4, 0.5) is 5.69 Å². The van der Waals surface area contributed by atoms with Crippen molar-refractivity contribution in [2.24, 2.45) is 0 Å². The number of hydrogen-bond donors (Lipinski definition) is 0. The number of halogens is 1. The lowest BCUT2D eigenvalue weighted by Gasteiger charge is -2.21. The Hall–Kier alpha value is -2.19. The fourth-order valence-electron chi connectivity index (χ4n) is 3.85. The van der Waals surface area contributed by atoms with Gasteiger partial charge in [0.1, 0.15) is 20.7 Å². The molecule has 176 valence electrons. The molecule has 0 amide bonds. The highest BCUT2D eigenvalue weighted by Gasteiger charge is 2.30. The number of fused-ring (bicyclic) bond motifs is 4. The molecule has 0 spiro atoms. The maximum atomic E-state index is 11.8. The molecule has 0 atom stereocenters. The summed E-state index contributed by atoms with van der Waals surface area (Å²) in [6.07, 6.45) is 1.59. The molecule has 1 aliphatic rings. The molecular formula is C21H14ClN2O6S4-. The van der Waals surface area contributed by atoms with Crippen molar-refractivity contribution in [2.45, 2.75) is 10.8 Å². The van der Waals surface area contributed by atoms with E-state index in [1.54, 1.807) is 24.3 Å². The molecule has 0 saturated heterocycles. The lowest BCUT2D eigenvalue weighted by molar-refractivity contribution is -0.648. The van der Waals surface area contributed by atoms with Crippen LogP contribution in [0.2, 0.25) is 5.02 Å². The Labute approximate surface area is 208 Å². The van der Waals surface area contributed by atoms with E-state index in [-0.39, 0.29) is 0 Å². The summed E-state index contributed by atoms with van der Waals surface area (Å²) in [7, 11) is -9.31. The third-order valence-electron chi connectivity index (χ3n) is 5.13. The zero-order valence-electron chi connectivity index (χ0n) is 17.0. The van der Waals surface area contributed by atoms with Gasteiger partial charge in [0.25, 0.3) is 5.01 Å². The van der Waals surface area contributed by atoms with E-state index in [0.29, 0.717) is 31.2 Å². The normalized spacial score (nSPS) is 15.5. The van der Waals surface area contributed by atoms with Gasteiger partial charge in [0, 0.05) is 9.92 Å². The largest absolute Gasteiger partial charge is 0.747 e. The van der Waals surface area contributed by atoms with Crippen LogP contribution in [0.5, 0.6) is 0 Å². The summed E-state index contributed by atoms with van der Waals surface area (Å²) in [5, 5.41) is 2.83. The second kappa shape index (κ2) is 8.48. The first-order valence-corrected chi connectivity index (χ1v) is 14.8. The lowest BCUT2D eigenvalue weighted by Crippen LogP contribution is -2.39. The van der Waals surface area contributed by atoms with Gasteiger partial charge in [0.15, 0.2) is 10.1 Å². The molecule has 2 heterocycles. The first-order valence-electron chi connectivity index (χ1n) is 9.66. The highest BCUT2D eigenvalue weighted by Crippen LogP contribution is 2.48. The number of anilines is 1. The minimum Gasteiger partial charge on any atom is -0.747 e. The number of aromatic nitrogens is 1. The van der Waals surface area contributed by atoms with Crippen LogP contribution in [0.25, 0.3) is 27.1 Å². The van der Waals surface area contributed by atoms with Crippen molar-refractivity contribution in [2.75, 3.05) is 10.8 Å². The van der Waals surface area contributed by atoms with Crippen molar-refractivity contribution in [1.29, 1.82) is 0 Å². The fourth-order valence-corrected chi connectivity index (χ4v) is 7.62. The molecule has 1 aromatic heterocycles. The molecule has 34 heavy (non-hydrogen) atoms. The monoisotopic (exact) mass is 553 g/mol. The van der Waals surface area contributed by atoms with Crippen LogP contribution < -0.4 is 9.47 Å². The van der Waals surface area contributed by atoms with Gasteiger partial charge in [-0.15, -0.1) is 0 Å². The number of hydrogen-bond acceptors (Lipinski definition) is 9. The van der Waals surface area contributed by atoms with Gasteiger partial charge in [0.2, 0.25) is 11.4 Å². The molecule has 3 aromatic carbocycles. The summed E-state index contributed by atoms with van der Waals surface area (Å²) < 4.78 is 72.4. The van der Waals surface area contributed by atoms with Crippen LogP contribution in [0.3, 0.4) is 0 Å². The van der Waals surface area contributed by atoms with Crippen LogP contribution >= 0.6 is 34.7 Å². The molecule has 4 aromatic rings. The Balaban J connectivity index is 1.74. The molecule has 0 saturated carbocycles. The molecule has 0 fully saturated rings. The van der Waals surface area contributed by atoms with Gasteiger partial charge in [-0.05, 0) is 35.7 Å². The SMILES string of the molecule is O=S(=O)([O-])CN1C(=Cc2sc3ccc4ccccc4c3[n+]2CS(=O)(=O)[O-])Sc2ccc(Cl)cc21. The smallest absolute Gasteiger partial charge is 0.266 e. The zero-order valence-corrected chi connectivity index (χ0v) is 21.1. The van der Waals surface area contributed by atoms with Crippen LogP contribution in [0.1, 0.15) is 5.01 Å². The average molecular weight is 554 g/mol. The minimum absolute atomic E-state index is 0.370. The lowest BCUT2D eigenvalue weighted by atomic mass is 10.1. The molecule has 13 heteroatoms. The number of nitrogens with zero attached hydrogens (tertiary/aromatic N) is 2. The first-order chi connectivity index (χ1) is 16.0. The van der Waals surface area contributed by atoms with Gasteiger partial charge < -0.3 is 14.0 Å². The second-order valence-corrected chi connectivity index (χ2v) is 12.8. The quantitative estimate of drug-likeness (QED) is 0.269. The summed E-state index contributed by atoms with van der Waals surface area (Å²) in [5.41, 5.74) is 1.04. The maximum absolute atomic E-state index is 11.8. The number of thiazole rings is 1. The zero-order chi connectivity index (χ0) is 24.3. The first kappa shape index (κ1) is 23.5. The molecule has 0 N–H and O–H groups in total. The van der Waals surface area contributed by atoms with Crippen molar-refractivity contribution in [3.63, 3.8) is 0 Å². The standard InChI is InChI=1S/C21H15ClN2O6S4/c22-14-6-8-17-16(9-14)23(11-33(25,26)27)19(31-17)10-20-24(12-34(28,29)30)21-15-4-2-1-3-13(15)5-7-18(21)32-20/h1-10H,11-12H2,(H-,25,26,27,28,29,30)/p-1. The van der Waals surface area contributed by atoms with E-state index in [1.165, 1.54) is 32.6 Å². The minimum atomic E-state index is -4.66. The highest BCUT2D eigenvalue weighted by molar-refractivity contribution is 8.04. The van der Waals surface area contributed by atoms with Crippen LogP contribution in [-0.2, 0) is 26.1 Å². The predicted octanol–water partition coefficient (Wildman–Crippen LogP) is 3.91. The summed E-state index contributed by atoms with van der Waals surface area (Å²) in [6, 6.07) is 16.1. The molecule has 1 aliphatic heterocycles. The molecule has 8 nitrogen and oxygen atoms in total. The Kier molecular flexibility index (Phi) is 5.88. The third-order valence-corrected chi connectivity index (χ3v) is 8.72. The van der Waals surface area contributed by atoms with Crippen LogP contribution in [-0.4, -0.2) is 31.8 Å². The van der Waals surface area contributed by atoms with E-state index in [4.69, 9.17) is 11.6 Å². The van der Waals surface area contributed by atoms with Crippen LogP contribution in [0.15, 0.2) is 64.5 Å². The van der Waals surface area contributed by atoms with E-state index < -0.39 is 32.0 Å². The van der Waals surface area contributed by atoms with Gasteiger partial charge in [-0.1, -0.05) is 59.0 Å². The molecule has 0 radical (unpaired) electrons. The van der Waals surface area contributed by atoms with E-state index in [0.717, 1.165) is 15.5 Å². The van der Waals surface area contributed by atoms with E-state index in [2.05, 4.69) is 0 Å². The number of thioether (sulfide) groups is 1. The maximum Gasteiger partial charge on any atom is 0.266 e. The van der Waals surface area contributed by atoms with Gasteiger partial charge in [0.05, 0.1) is 22.2 Å². The molecular weight excluding hydrogens is 540 g/mol. The molecule has 0 aliphatic carbocycles. The van der Waals surface area contributed by atoms with Gasteiger partial charge in [-0.2, -0.15) is 4.57 Å². The van der Waals surface area contributed by atoms with Crippen molar-refractivity contribution in [3.05, 3.63) is 69.7 Å². The third kappa shape index (κ3) is 4.67. The summed E-state index contributed by atoms with van der Waals surface area (Å²) >= 11 is 8.57.